The predicted octanol–water partition coefficient (Wildman–Crippen LogP) is 0.756. The van der Waals surface area contributed by atoms with Crippen LogP contribution in [0.1, 0.15) is 10.4 Å². The summed E-state index contributed by atoms with van der Waals surface area (Å²) in [5, 5.41) is 27.6. The standard InChI is InChI=1S/C9H7NO7/c11-8(12)4-17-7-2-1-5(10(15)16)3-6(7)9(13)14/h1-3H,4H2,(H,11,12)(H,13,14). The minimum atomic E-state index is -1.44. The van der Waals surface area contributed by atoms with Crippen molar-refractivity contribution in [2.75, 3.05) is 6.61 Å². The highest BCUT2D eigenvalue weighted by molar-refractivity contribution is 5.91. The fourth-order valence-corrected chi connectivity index (χ4v) is 1.06. The molecule has 1 aromatic carbocycles. The number of non-ortho nitro benzene ring substituents is 1. The molecule has 90 valence electrons. The van der Waals surface area contributed by atoms with E-state index in [1.165, 1.54) is 0 Å². The number of nitro groups is 1. The molecule has 0 radical (unpaired) electrons. The highest BCUT2D eigenvalue weighted by Crippen LogP contribution is 2.24. The Morgan fingerprint density at radius 1 is 1.35 bits per heavy atom. The van der Waals surface area contributed by atoms with E-state index in [0.717, 1.165) is 18.2 Å². The highest BCUT2D eigenvalue weighted by atomic mass is 16.6. The van der Waals surface area contributed by atoms with Crippen LogP contribution in [0.3, 0.4) is 0 Å². The van der Waals surface area contributed by atoms with Gasteiger partial charge in [-0.1, -0.05) is 0 Å². The van der Waals surface area contributed by atoms with Crippen LogP contribution in [0.15, 0.2) is 18.2 Å². The fourth-order valence-electron chi connectivity index (χ4n) is 1.06. The van der Waals surface area contributed by atoms with Gasteiger partial charge < -0.3 is 14.9 Å². The summed E-state index contributed by atoms with van der Waals surface area (Å²) in [5.74, 6) is -2.95. The van der Waals surface area contributed by atoms with Crippen LogP contribution in [0, 0.1) is 10.1 Å². The first-order valence-electron chi connectivity index (χ1n) is 4.28. The summed E-state index contributed by atoms with van der Waals surface area (Å²) >= 11 is 0. The number of hydrogen-bond acceptors (Lipinski definition) is 5. The molecule has 0 fully saturated rings. The first kappa shape index (κ1) is 12.4. The monoisotopic (exact) mass is 241 g/mol. The maximum Gasteiger partial charge on any atom is 0.341 e. The lowest BCUT2D eigenvalue weighted by molar-refractivity contribution is -0.384. The molecule has 1 aromatic rings. The molecular formula is C9H7NO7. The molecule has 1 rings (SSSR count). The number of carbonyl (C=O) groups is 2. The third kappa shape index (κ3) is 3.16. The van der Waals surface area contributed by atoms with E-state index in [9.17, 15) is 19.7 Å². The van der Waals surface area contributed by atoms with Crippen molar-refractivity contribution in [3.05, 3.63) is 33.9 Å². The van der Waals surface area contributed by atoms with Crippen LogP contribution in [-0.2, 0) is 4.79 Å². The van der Waals surface area contributed by atoms with Crippen molar-refractivity contribution in [3.63, 3.8) is 0 Å². The molecule has 8 nitrogen and oxygen atoms in total. The number of rotatable bonds is 5. The van der Waals surface area contributed by atoms with E-state index in [1.54, 1.807) is 0 Å². The fraction of sp³-hybridized carbons (Fsp3) is 0.111. The lowest BCUT2D eigenvalue weighted by atomic mass is 10.2. The second-order valence-electron chi connectivity index (χ2n) is 2.93. The van der Waals surface area contributed by atoms with Crippen molar-refractivity contribution in [1.82, 2.24) is 0 Å². The number of hydrogen-bond donors (Lipinski definition) is 2. The van der Waals surface area contributed by atoms with Gasteiger partial charge >= 0.3 is 11.9 Å². The van der Waals surface area contributed by atoms with Gasteiger partial charge in [-0.25, -0.2) is 9.59 Å². The molecule has 0 bridgehead atoms. The smallest absolute Gasteiger partial charge is 0.341 e. The Morgan fingerprint density at radius 3 is 2.47 bits per heavy atom. The Balaban J connectivity index is 3.08. The normalized spacial score (nSPS) is 9.65. The predicted molar refractivity (Wildman–Crippen MR) is 53.2 cm³/mol. The van der Waals surface area contributed by atoms with E-state index in [0.29, 0.717) is 0 Å². The van der Waals surface area contributed by atoms with E-state index in [1.807, 2.05) is 0 Å². The molecule has 0 aliphatic rings. The van der Waals surface area contributed by atoms with Gasteiger partial charge in [-0.05, 0) is 6.07 Å². The molecule has 0 aliphatic carbocycles. The maximum absolute atomic E-state index is 10.8. The summed E-state index contributed by atoms with van der Waals surface area (Å²) in [4.78, 5) is 30.7. The zero-order valence-corrected chi connectivity index (χ0v) is 8.32. The molecular weight excluding hydrogens is 234 g/mol. The lowest BCUT2D eigenvalue weighted by Gasteiger charge is -2.06. The summed E-state index contributed by atoms with van der Waals surface area (Å²) in [6.45, 7) is -0.724. The first-order valence-corrected chi connectivity index (χ1v) is 4.28. The van der Waals surface area contributed by atoms with Crippen LogP contribution < -0.4 is 4.74 Å². The number of ether oxygens (including phenoxy) is 1. The number of aromatic carboxylic acids is 1. The van der Waals surface area contributed by atoms with Gasteiger partial charge in [0.05, 0.1) is 4.92 Å². The van der Waals surface area contributed by atoms with Crippen LogP contribution in [0.4, 0.5) is 5.69 Å². The number of carboxylic acid groups (broad SMARTS) is 2. The van der Waals surface area contributed by atoms with Crippen LogP contribution in [0.25, 0.3) is 0 Å². The number of nitrogens with zero attached hydrogens (tertiary/aromatic N) is 1. The van der Waals surface area contributed by atoms with Gasteiger partial charge in [-0.2, -0.15) is 0 Å². The van der Waals surface area contributed by atoms with E-state index in [-0.39, 0.29) is 5.75 Å². The molecule has 0 atom stereocenters. The molecule has 0 aliphatic heterocycles. The lowest BCUT2D eigenvalue weighted by Crippen LogP contribution is -2.12. The molecule has 0 heterocycles. The van der Waals surface area contributed by atoms with Crippen molar-refractivity contribution >= 4 is 17.6 Å². The van der Waals surface area contributed by atoms with Crippen LogP contribution in [-0.4, -0.2) is 33.7 Å². The van der Waals surface area contributed by atoms with Crippen LogP contribution in [0.2, 0.25) is 0 Å². The summed E-state index contributed by atoms with van der Waals surface area (Å²) in [6, 6.07) is 2.88. The average molecular weight is 241 g/mol. The van der Waals surface area contributed by atoms with Gasteiger partial charge in [0.2, 0.25) is 0 Å². The molecule has 0 spiro atoms. The minimum absolute atomic E-state index is 0.231. The highest BCUT2D eigenvalue weighted by Gasteiger charge is 2.17. The van der Waals surface area contributed by atoms with Gasteiger partial charge in [0, 0.05) is 12.1 Å². The number of benzene rings is 1. The molecule has 0 saturated heterocycles. The Morgan fingerprint density at radius 2 is 2.00 bits per heavy atom. The summed E-state index contributed by atoms with van der Waals surface area (Å²) in [6.07, 6.45) is 0. The molecule has 2 N–H and O–H groups in total. The Kier molecular flexibility index (Phi) is 3.60. The van der Waals surface area contributed by atoms with Crippen LogP contribution in [0.5, 0.6) is 5.75 Å². The summed E-state index contributed by atoms with van der Waals surface area (Å²) in [5.41, 5.74) is -0.870. The SMILES string of the molecule is O=C(O)COc1ccc([N+](=O)[O-])cc1C(=O)O. The number of carboxylic acids is 2. The summed E-state index contributed by atoms with van der Waals surface area (Å²) < 4.78 is 4.69. The second-order valence-corrected chi connectivity index (χ2v) is 2.93. The molecule has 0 amide bonds. The van der Waals surface area contributed by atoms with Gasteiger partial charge in [-0.3, -0.25) is 10.1 Å². The maximum atomic E-state index is 10.8. The van der Waals surface area contributed by atoms with Gasteiger partial charge in [-0.15, -0.1) is 0 Å². The number of nitro benzene ring substituents is 1. The van der Waals surface area contributed by atoms with Crippen molar-refractivity contribution < 1.29 is 29.5 Å². The molecule has 0 saturated carbocycles. The zero-order chi connectivity index (χ0) is 13.0. The molecule has 17 heavy (non-hydrogen) atoms. The largest absolute Gasteiger partial charge is 0.481 e. The Labute approximate surface area is 94.2 Å². The van der Waals surface area contributed by atoms with Crippen molar-refractivity contribution in [3.8, 4) is 5.75 Å². The zero-order valence-electron chi connectivity index (χ0n) is 8.32. The Hall–Kier alpha value is -2.64. The van der Waals surface area contributed by atoms with Gasteiger partial charge in [0.15, 0.2) is 6.61 Å². The topological polar surface area (TPSA) is 127 Å². The van der Waals surface area contributed by atoms with Crippen molar-refractivity contribution in [2.24, 2.45) is 0 Å². The molecule has 0 aromatic heterocycles. The van der Waals surface area contributed by atoms with E-state index >= 15 is 0 Å². The Bertz CT molecular complexity index is 482. The third-order valence-corrected chi connectivity index (χ3v) is 1.76. The quantitative estimate of drug-likeness (QED) is 0.575. The molecule has 0 unspecified atom stereocenters. The second kappa shape index (κ2) is 4.92. The van der Waals surface area contributed by atoms with Crippen molar-refractivity contribution in [2.45, 2.75) is 0 Å². The van der Waals surface area contributed by atoms with E-state index < -0.39 is 34.7 Å². The van der Waals surface area contributed by atoms with E-state index in [2.05, 4.69) is 0 Å². The van der Waals surface area contributed by atoms with Gasteiger partial charge in [0.25, 0.3) is 5.69 Å². The van der Waals surface area contributed by atoms with Crippen LogP contribution >= 0.6 is 0 Å². The van der Waals surface area contributed by atoms with E-state index in [4.69, 9.17) is 14.9 Å². The van der Waals surface area contributed by atoms with Crippen molar-refractivity contribution in [1.29, 1.82) is 0 Å². The summed E-state index contributed by atoms with van der Waals surface area (Å²) in [7, 11) is 0. The third-order valence-electron chi connectivity index (χ3n) is 1.76. The van der Waals surface area contributed by atoms with Gasteiger partial charge in [0.1, 0.15) is 11.3 Å². The number of aliphatic carboxylic acids is 1. The average Bonchev–Trinajstić information content (AvgIpc) is 2.25. The minimum Gasteiger partial charge on any atom is -0.481 e. The first-order chi connectivity index (χ1) is 7.91. The molecule has 8 heteroatoms.